The van der Waals surface area contributed by atoms with Crippen molar-refractivity contribution in [1.29, 1.82) is 0 Å². The Morgan fingerprint density at radius 2 is 1.55 bits per heavy atom. The summed E-state index contributed by atoms with van der Waals surface area (Å²) < 4.78 is 48.2. The highest BCUT2D eigenvalue weighted by atomic mass is 16.6. The lowest BCUT2D eigenvalue weighted by molar-refractivity contribution is -0.265. The lowest BCUT2D eigenvalue weighted by atomic mass is 9.75. The van der Waals surface area contributed by atoms with Gasteiger partial charge in [0.15, 0.2) is 5.78 Å². The van der Waals surface area contributed by atoms with Gasteiger partial charge in [-0.05, 0) is 119 Å². The number of methoxy groups -OCH3 is 3. The Kier molecular flexibility index (Phi) is 23.8. The molecule has 4 fully saturated rings. The summed E-state index contributed by atoms with van der Waals surface area (Å²) in [6, 6.07) is 8.32. The third-order valence-corrected chi connectivity index (χ3v) is 17.4. The van der Waals surface area contributed by atoms with Gasteiger partial charge in [0, 0.05) is 71.7 Å². The van der Waals surface area contributed by atoms with E-state index in [1.165, 1.54) is 12.0 Å². The van der Waals surface area contributed by atoms with Crippen molar-refractivity contribution in [2.75, 3.05) is 41.1 Å². The van der Waals surface area contributed by atoms with E-state index in [4.69, 9.17) is 37.7 Å². The smallest absolute Gasteiger partial charge is 0.460 e. The number of aliphatic hydroxyl groups is 2. The molecular formula is C62H90BNO16. The molecule has 2 N–H and O–H groups in total. The molecule has 4 heterocycles. The van der Waals surface area contributed by atoms with Crippen LogP contribution >= 0.6 is 0 Å². The molecule has 80 heavy (non-hydrogen) atoms. The number of ether oxygens (including phenoxy) is 6. The van der Waals surface area contributed by atoms with Gasteiger partial charge in [0.1, 0.15) is 41.7 Å². The van der Waals surface area contributed by atoms with Gasteiger partial charge in [-0.1, -0.05) is 101 Å². The molecule has 0 aromatic heterocycles. The number of benzene rings is 1. The minimum Gasteiger partial charge on any atom is -0.460 e. The van der Waals surface area contributed by atoms with E-state index in [-0.39, 0.29) is 56.0 Å². The van der Waals surface area contributed by atoms with Crippen molar-refractivity contribution >= 4 is 47.8 Å². The molecule has 18 heteroatoms. The number of Topliss-reactive ketones (excluding diaryl/α,β-unsaturated/α-hetero) is 3. The molecule has 15 unspecified atom stereocenters. The zero-order valence-corrected chi connectivity index (χ0v) is 49.2. The zero-order chi connectivity index (χ0) is 58.5. The number of ketones is 3. The standard InChI is InChI=1S/C62H90BNO16/c1-38-20-14-12-15-21-39(2)51(73-9)34-47-27-25-44(7)62(72,80-47)57(68)58(69)64-29-19-18-24-48(64)59(70)78-52(35-49(65)40(3)31-43(6)55(67)56(75-11)54(66)42(5)30-38)41(4)32-45-26-28-50(53(33-45)74-10)79-60(71)61(8)36-76-63(77-37-61)46-22-16-13-17-23-46/h12-17,20-23,31,38,40-42,44-45,47-48,50-53,55-56,67,72H,18-19,24-30,32-37H2,1-11H3/b15-12+,20-14+,39-21+,43-31+. The lowest BCUT2D eigenvalue weighted by Gasteiger charge is -2.42. The largest absolute Gasteiger partial charge is 0.493 e. The average Bonchev–Trinajstić information content (AvgIpc) is 3.57. The molecule has 0 radical (unpaired) electrons. The topological polar surface area (TPSA) is 220 Å². The summed E-state index contributed by atoms with van der Waals surface area (Å²) in [6.07, 6.45) is 10.4. The minimum absolute atomic E-state index is 0.000113. The van der Waals surface area contributed by atoms with E-state index in [0.717, 1.165) is 11.0 Å². The monoisotopic (exact) mass is 1120 g/mol. The van der Waals surface area contributed by atoms with Crippen LogP contribution in [0.1, 0.15) is 132 Å². The summed E-state index contributed by atoms with van der Waals surface area (Å²) in [7, 11) is 3.93. The highest BCUT2D eigenvalue weighted by Crippen LogP contribution is 2.39. The van der Waals surface area contributed by atoms with E-state index in [2.05, 4.69) is 0 Å². The first-order valence-corrected chi connectivity index (χ1v) is 29.0. The molecule has 1 amide bonds. The number of rotatable bonds is 9. The second-order valence-electron chi connectivity index (χ2n) is 23.9. The first-order chi connectivity index (χ1) is 38.0. The maximum Gasteiger partial charge on any atom is 0.493 e. The number of hydrogen-bond donors (Lipinski definition) is 2. The fourth-order valence-electron chi connectivity index (χ4n) is 12.0. The Morgan fingerprint density at radius 1 is 0.838 bits per heavy atom. The van der Waals surface area contributed by atoms with Crippen molar-refractivity contribution in [1.82, 2.24) is 4.90 Å². The van der Waals surface area contributed by atoms with Crippen LogP contribution in [0.3, 0.4) is 0 Å². The number of fused-ring (bicyclic) bond motifs is 3. The number of piperidine rings is 1. The molecule has 15 atom stereocenters. The van der Waals surface area contributed by atoms with E-state index in [0.29, 0.717) is 69.8 Å². The number of carbonyl (C=O) groups excluding carboxylic acids is 6. The molecule has 1 aromatic rings. The summed E-state index contributed by atoms with van der Waals surface area (Å²) in [5.74, 6) is -8.89. The summed E-state index contributed by atoms with van der Waals surface area (Å²) in [4.78, 5) is 86.7. The normalized spacial score (nSPS) is 36.8. The molecule has 442 valence electrons. The van der Waals surface area contributed by atoms with Crippen LogP contribution in [0.25, 0.3) is 0 Å². The van der Waals surface area contributed by atoms with Crippen LogP contribution in [0.15, 0.2) is 77.9 Å². The number of allylic oxidation sites excluding steroid dienone is 6. The molecule has 3 saturated heterocycles. The highest BCUT2D eigenvalue weighted by molar-refractivity contribution is 6.61. The predicted octanol–water partition coefficient (Wildman–Crippen LogP) is 7.18. The van der Waals surface area contributed by atoms with Crippen LogP contribution in [0, 0.1) is 40.9 Å². The SMILES string of the molecule is COC1CC2CCC(C)C(O)(O2)C(=O)C(=O)N2CCCCC2C(=O)OC(C(C)CC2CCC(OC(=O)C3(C)COB(c4ccccc4)OC3)C(OC)C2)CC(=O)C(C)/C=C(\C)C(O)C(OC)C(=O)C(C)CC(C)/C=C/C=C/C=C/1C. The number of carbonyl (C=O) groups is 6. The van der Waals surface area contributed by atoms with Crippen molar-refractivity contribution in [3.63, 3.8) is 0 Å². The number of amides is 1. The second kappa shape index (κ2) is 29.5. The van der Waals surface area contributed by atoms with E-state index >= 15 is 0 Å². The third kappa shape index (κ3) is 16.3. The van der Waals surface area contributed by atoms with Crippen molar-refractivity contribution < 1.29 is 76.7 Å². The lowest BCUT2D eigenvalue weighted by Crippen LogP contribution is -2.61. The molecule has 0 spiro atoms. The van der Waals surface area contributed by atoms with Crippen molar-refractivity contribution in [2.24, 2.45) is 40.9 Å². The van der Waals surface area contributed by atoms with Crippen LogP contribution in [-0.4, -0.2) is 153 Å². The first-order valence-electron chi connectivity index (χ1n) is 29.0. The molecule has 17 nitrogen and oxygen atoms in total. The number of esters is 2. The number of nitrogens with zero attached hydrogens (tertiary/aromatic N) is 1. The van der Waals surface area contributed by atoms with Crippen molar-refractivity contribution in [3.8, 4) is 0 Å². The Labute approximate surface area is 474 Å². The van der Waals surface area contributed by atoms with Gasteiger partial charge in [0.05, 0.1) is 18.3 Å². The second-order valence-corrected chi connectivity index (χ2v) is 23.9. The molecular weight excluding hydrogens is 1030 g/mol. The summed E-state index contributed by atoms with van der Waals surface area (Å²) in [6.45, 7) is 14.7. The van der Waals surface area contributed by atoms with Gasteiger partial charge in [0.2, 0.25) is 5.79 Å². The van der Waals surface area contributed by atoms with Gasteiger partial charge >= 0.3 is 19.1 Å². The summed E-state index contributed by atoms with van der Waals surface area (Å²) >= 11 is 0. The maximum absolute atomic E-state index is 14.7. The minimum atomic E-state index is -2.46. The van der Waals surface area contributed by atoms with Crippen LogP contribution in [0.5, 0.6) is 0 Å². The van der Waals surface area contributed by atoms with Gasteiger partial charge < -0.3 is 52.8 Å². The fourth-order valence-corrected chi connectivity index (χ4v) is 12.0. The molecule has 4 aliphatic heterocycles. The van der Waals surface area contributed by atoms with Gasteiger partial charge in [-0.25, -0.2) is 4.79 Å². The number of aliphatic hydroxyl groups excluding tert-OH is 1. The number of cyclic esters (lactones) is 1. The van der Waals surface area contributed by atoms with Gasteiger partial charge in [0.25, 0.3) is 11.7 Å². The fraction of sp³-hybridized carbons (Fsp3) is 0.677. The summed E-state index contributed by atoms with van der Waals surface area (Å²) in [5, 5.41) is 23.7. The van der Waals surface area contributed by atoms with E-state index < -0.39 is 114 Å². The Balaban J connectivity index is 1.23. The van der Waals surface area contributed by atoms with Crippen LogP contribution in [-0.2, 0) is 66.5 Å². The first kappa shape index (κ1) is 64.5. The van der Waals surface area contributed by atoms with Crippen LogP contribution in [0.4, 0.5) is 0 Å². The zero-order valence-electron chi connectivity index (χ0n) is 49.2. The van der Waals surface area contributed by atoms with Crippen LogP contribution < -0.4 is 5.46 Å². The van der Waals surface area contributed by atoms with E-state index in [1.54, 1.807) is 48.0 Å². The molecule has 1 saturated carbocycles. The summed E-state index contributed by atoms with van der Waals surface area (Å²) in [5.41, 5.74) is 1.05. The molecule has 2 bridgehead atoms. The Hall–Kier alpha value is -4.66. The van der Waals surface area contributed by atoms with E-state index in [9.17, 15) is 39.0 Å². The third-order valence-electron chi connectivity index (χ3n) is 17.4. The maximum atomic E-state index is 14.7. The number of hydrogen-bond acceptors (Lipinski definition) is 16. The molecule has 6 rings (SSSR count). The van der Waals surface area contributed by atoms with Gasteiger partial charge in [-0.15, -0.1) is 0 Å². The van der Waals surface area contributed by atoms with Crippen molar-refractivity contribution in [3.05, 3.63) is 77.9 Å². The molecule has 5 aliphatic rings. The van der Waals surface area contributed by atoms with E-state index in [1.807, 2.05) is 88.4 Å². The van der Waals surface area contributed by atoms with Crippen molar-refractivity contribution in [2.45, 2.75) is 187 Å². The highest BCUT2D eigenvalue weighted by Gasteiger charge is 2.53. The quantitative estimate of drug-likeness (QED) is 0.108. The predicted molar refractivity (Wildman–Crippen MR) is 301 cm³/mol. The van der Waals surface area contributed by atoms with Gasteiger partial charge in [-0.2, -0.15) is 0 Å². The van der Waals surface area contributed by atoms with Gasteiger partial charge in [-0.3, -0.25) is 24.0 Å². The van der Waals surface area contributed by atoms with Crippen LogP contribution in [0.2, 0.25) is 0 Å². The Bertz CT molecular complexity index is 2400. The molecule has 1 aromatic carbocycles. The average molecular weight is 1120 g/mol. The molecule has 1 aliphatic carbocycles. The Morgan fingerprint density at radius 3 is 2.23 bits per heavy atom.